The van der Waals surface area contributed by atoms with Crippen molar-refractivity contribution in [2.24, 2.45) is 0 Å². The van der Waals surface area contributed by atoms with Gasteiger partial charge in [-0.3, -0.25) is 9.69 Å². The van der Waals surface area contributed by atoms with Crippen molar-refractivity contribution >= 4 is 23.2 Å². The van der Waals surface area contributed by atoms with Crippen molar-refractivity contribution in [3.63, 3.8) is 0 Å². The number of nitrogens with one attached hydrogen (secondary N) is 2. The van der Waals surface area contributed by atoms with E-state index >= 15 is 0 Å². The summed E-state index contributed by atoms with van der Waals surface area (Å²) in [6.07, 6.45) is 4.40. The molecule has 2 N–H and O–H groups in total. The fourth-order valence-electron chi connectivity index (χ4n) is 4.18. The number of amides is 1. The average molecular weight is 443 g/mol. The molecule has 0 radical (unpaired) electrons. The summed E-state index contributed by atoms with van der Waals surface area (Å²) in [7, 11) is 1.49. The van der Waals surface area contributed by atoms with Gasteiger partial charge in [0.1, 0.15) is 11.4 Å². The van der Waals surface area contributed by atoms with Crippen LogP contribution in [0, 0.1) is 11.6 Å². The molecule has 32 heavy (non-hydrogen) atoms. The SMILES string of the molecule is COc1cc2ncc(-c3nc(NC4CCCNC4)c(F)cc3F)n2nc1N1CCCC1=O. The molecule has 0 aromatic carbocycles. The van der Waals surface area contributed by atoms with Gasteiger partial charge in [0, 0.05) is 37.7 Å². The Labute approximate surface area is 182 Å². The Morgan fingerprint density at radius 3 is 2.84 bits per heavy atom. The summed E-state index contributed by atoms with van der Waals surface area (Å²) in [6, 6.07) is 2.45. The number of aromatic nitrogens is 4. The Balaban J connectivity index is 1.58. The summed E-state index contributed by atoms with van der Waals surface area (Å²) >= 11 is 0. The van der Waals surface area contributed by atoms with E-state index in [4.69, 9.17) is 4.74 Å². The molecule has 2 fully saturated rings. The second-order valence-corrected chi connectivity index (χ2v) is 7.94. The number of methoxy groups -OCH3 is 1. The van der Waals surface area contributed by atoms with Crippen LogP contribution in [0.2, 0.25) is 0 Å². The van der Waals surface area contributed by atoms with Crippen LogP contribution in [0.25, 0.3) is 17.0 Å². The highest BCUT2D eigenvalue weighted by molar-refractivity contribution is 5.95. The molecule has 2 aliphatic heterocycles. The monoisotopic (exact) mass is 443 g/mol. The number of halogens is 2. The van der Waals surface area contributed by atoms with Crippen molar-refractivity contribution in [1.82, 2.24) is 24.9 Å². The maximum absolute atomic E-state index is 14.8. The van der Waals surface area contributed by atoms with Crippen molar-refractivity contribution in [3.05, 3.63) is 30.0 Å². The number of nitrogens with zero attached hydrogens (tertiary/aromatic N) is 5. The Kier molecular flexibility index (Phi) is 5.33. The Morgan fingerprint density at radius 1 is 1.25 bits per heavy atom. The Hall–Kier alpha value is -3.34. The van der Waals surface area contributed by atoms with Crippen LogP contribution in [-0.4, -0.2) is 58.3 Å². The molecule has 0 spiro atoms. The van der Waals surface area contributed by atoms with E-state index in [9.17, 15) is 13.6 Å². The highest BCUT2D eigenvalue weighted by Gasteiger charge is 2.28. The molecule has 168 valence electrons. The largest absolute Gasteiger partial charge is 0.493 e. The maximum atomic E-state index is 14.8. The van der Waals surface area contributed by atoms with Crippen LogP contribution in [0.4, 0.5) is 20.4 Å². The lowest BCUT2D eigenvalue weighted by Gasteiger charge is -2.24. The van der Waals surface area contributed by atoms with Gasteiger partial charge < -0.3 is 15.4 Å². The number of hydrogen-bond donors (Lipinski definition) is 2. The molecule has 5 rings (SSSR count). The van der Waals surface area contributed by atoms with E-state index in [-0.39, 0.29) is 29.2 Å². The number of pyridine rings is 1. The summed E-state index contributed by atoms with van der Waals surface area (Å²) in [5.41, 5.74) is 0.558. The van der Waals surface area contributed by atoms with E-state index in [0.29, 0.717) is 36.7 Å². The van der Waals surface area contributed by atoms with Gasteiger partial charge in [0.05, 0.1) is 13.3 Å². The molecule has 1 unspecified atom stereocenters. The topological polar surface area (TPSA) is 96.7 Å². The second-order valence-electron chi connectivity index (χ2n) is 7.94. The second kappa shape index (κ2) is 8.30. The van der Waals surface area contributed by atoms with E-state index in [1.165, 1.54) is 17.8 Å². The lowest BCUT2D eigenvalue weighted by atomic mass is 10.1. The zero-order chi connectivity index (χ0) is 22.2. The van der Waals surface area contributed by atoms with Crippen LogP contribution < -0.4 is 20.3 Å². The maximum Gasteiger partial charge on any atom is 0.228 e. The molecule has 1 amide bonds. The number of imidazole rings is 1. The van der Waals surface area contributed by atoms with E-state index in [1.54, 1.807) is 11.0 Å². The molecule has 2 aliphatic rings. The summed E-state index contributed by atoms with van der Waals surface area (Å²) in [5, 5.41) is 10.8. The van der Waals surface area contributed by atoms with Crippen molar-refractivity contribution in [2.75, 3.05) is 37.0 Å². The molecule has 0 aliphatic carbocycles. The molecule has 3 aromatic rings. The van der Waals surface area contributed by atoms with Gasteiger partial charge >= 0.3 is 0 Å². The number of carbonyl (C=O) groups is 1. The van der Waals surface area contributed by atoms with Gasteiger partial charge in [0.2, 0.25) is 5.91 Å². The highest BCUT2D eigenvalue weighted by Crippen LogP contribution is 2.32. The van der Waals surface area contributed by atoms with E-state index < -0.39 is 11.6 Å². The lowest BCUT2D eigenvalue weighted by molar-refractivity contribution is -0.117. The van der Waals surface area contributed by atoms with Gasteiger partial charge in [-0.2, -0.15) is 0 Å². The van der Waals surface area contributed by atoms with Gasteiger partial charge in [-0.15, -0.1) is 5.10 Å². The van der Waals surface area contributed by atoms with Crippen LogP contribution in [0.5, 0.6) is 5.75 Å². The third-order valence-electron chi connectivity index (χ3n) is 5.80. The zero-order valence-corrected chi connectivity index (χ0v) is 17.6. The highest BCUT2D eigenvalue weighted by atomic mass is 19.1. The van der Waals surface area contributed by atoms with Crippen molar-refractivity contribution in [2.45, 2.75) is 31.7 Å². The van der Waals surface area contributed by atoms with Gasteiger partial charge in [0.25, 0.3) is 0 Å². The van der Waals surface area contributed by atoms with Crippen molar-refractivity contribution < 1.29 is 18.3 Å². The fraction of sp³-hybridized carbons (Fsp3) is 0.429. The van der Waals surface area contributed by atoms with Crippen LogP contribution in [-0.2, 0) is 4.79 Å². The minimum Gasteiger partial charge on any atom is -0.493 e. The fourth-order valence-corrected chi connectivity index (χ4v) is 4.18. The number of hydrogen-bond acceptors (Lipinski definition) is 7. The summed E-state index contributed by atoms with van der Waals surface area (Å²) in [4.78, 5) is 22.3. The number of anilines is 2. The third-order valence-corrected chi connectivity index (χ3v) is 5.80. The number of rotatable bonds is 5. The number of ether oxygens (including phenoxy) is 1. The van der Waals surface area contributed by atoms with Gasteiger partial charge in [-0.05, 0) is 25.8 Å². The predicted octanol–water partition coefficient (Wildman–Crippen LogP) is 2.37. The molecule has 11 heteroatoms. The minimum absolute atomic E-state index is 0.00131. The molecule has 1 atom stereocenters. The Morgan fingerprint density at radius 2 is 2.12 bits per heavy atom. The predicted molar refractivity (Wildman–Crippen MR) is 114 cm³/mol. The lowest BCUT2D eigenvalue weighted by Crippen LogP contribution is -2.38. The first-order valence-corrected chi connectivity index (χ1v) is 10.6. The first-order chi connectivity index (χ1) is 15.5. The van der Waals surface area contributed by atoms with Crippen LogP contribution >= 0.6 is 0 Å². The molecule has 5 heterocycles. The van der Waals surface area contributed by atoms with Crippen LogP contribution in [0.3, 0.4) is 0 Å². The number of piperidine rings is 1. The number of fused-ring (bicyclic) bond motifs is 1. The zero-order valence-electron chi connectivity index (χ0n) is 17.6. The summed E-state index contributed by atoms with van der Waals surface area (Å²) in [6.45, 7) is 2.12. The standard InChI is InChI=1S/C21H23F2N7O2/c1-32-16-9-17-25-11-15(30(17)28-21(16)29-7-3-5-18(29)31)19-13(22)8-14(23)20(27-19)26-12-4-2-6-24-10-12/h8-9,11-12,24H,2-7,10H2,1H3,(H,26,27). The third kappa shape index (κ3) is 3.62. The molecule has 2 saturated heterocycles. The summed E-state index contributed by atoms with van der Waals surface area (Å²) in [5.74, 6) is -0.943. The average Bonchev–Trinajstić information content (AvgIpc) is 3.41. The minimum atomic E-state index is -0.826. The van der Waals surface area contributed by atoms with E-state index in [1.807, 2.05) is 0 Å². The first-order valence-electron chi connectivity index (χ1n) is 10.6. The molecule has 3 aromatic heterocycles. The smallest absolute Gasteiger partial charge is 0.228 e. The van der Waals surface area contributed by atoms with Crippen molar-refractivity contribution in [3.8, 4) is 17.1 Å². The normalized spacial score (nSPS) is 19.0. The van der Waals surface area contributed by atoms with Crippen LogP contribution in [0.1, 0.15) is 25.7 Å². The van der Waals surface area contributed by atoms with Gasteiger partial charge in [-0.1, -0.05) is 0 Å². The molecular formula is C21H23F2N7O2. The molecule has 0 saturated carbocycles. The Bertz CT molecular complexity index is 1180. The van der Waals surface area contributed by atoms with E-state index in [2.05, 4.69) is 25.7 Å². The van der Waals surface area contributed by atoms with E-state index in [0.717, 1.165) is 31.9 Å². The number of carbonyl (C=O) groups excluding carboxylic acids is 1. The molecule has 0 bridgehead atoms. The summed E-state index contributed by atoms with van der Waals surface area (Å²) < 4.78 is 36.1. The molecular weight excluding hydrogens is 420 g/mol. The van der Waals surface area contributed by atoms with Crippen molar-refractivity contribution in [1.29, 1.82) is 0 Å². The van der Waals surface area contributed by atoms with Gasteiger partial charge in [-0.25, -0.2) is 23.3 Å². The quantitative estimate of drug-likeness (QED) is 0.625. The molecule has 9 nitrogen and oxygen atoms in total. The van der Waals surface area contributed by atoms with Crippen LogP contribution in [0.15, 0.2) is 18.3 Å². The first kappa shape index (κ1) is 20.6. The van der Waals surface area contributed by atoms with Gasteiger partial charge in [0.15, 0.2) is 34.7 Å².